The molecule has 8 heteroatoms. The summed E-state index contributed by atoms with van der Waals surface area (Å²) in [7, 11) is 3.24. The van der Waals surface area contributed by atoms with Crippen LogP contribution in [0, 0.1) is 0 Å². The maximum Gasteiger partial charge on any atom is 0.194 e. The number of hydrogen-bond acceptors (Lipinski definition) is 8. The number of nitrogens with two attached hydrogens (primary N) is 1. The normalized spacial score (nSPS) is 17.2. The lowest BCUT2D eigenvalue weighted by molar-refractivity contribution is 0.315. The predicted octanol–water partition coefficient (Wildman–Crippen LogP) is 3.31. The van der Waals surface area contributed by atoms with Crippen LogP contribution in [-0.2, 0) is 0 Å². The van der Waals surface area contributed by atoms with Crippen LogP contribution in [0.15, 0.2) is 65.4 Å². The molecule has 1 unspecified atom stereocenters. The Bertz CT molecular complexity index is 1210. The number of aliphatic imine (C=N–C) groups is 1. The number of guanidine groups is 1. The molecule has 2 aliphatic rings. The Morgan fingerprint density at radius 1 is 1.06 bits per heavy atom. The average molecular weight is 429 g/mol. The third-order valence-electron chi connectivity index (χ3n) is 5.60. The van der Waals surface area contributed by atoms with Crippen molar-refractivity contribution in [1.29, 1.82) is 0 Å². The maximum absolute atomic E-state index is 6.22. The van der Waals surface area contributed by atoms with Gasteiger partial charge in [-0.25, -0.2) is 15.0 Å². The smallest absolute Gasteiger partial charge is 0.194 e. The van der Waals surface area contributed by atoms with E-state index in [1.807, 2.05) is 36.4 Å². The first-order chi connectivity index (χ1) is 15.7. The Labute approximate surface area is 185 Å². The number of nitrogens with zero attached hydrogens (tertiary/aromatic N) is 3. The molecule has 162 valence electrons. The zero-order valence-corrected chi connectivity index (χ0v) is 17.8. The van der Waals surface area contributed by atoms with Crippen molar-refractivity contribution in [3.05, 3.63) is 71.6 Å². The van der Waals surface area contributed by atoms with Gasteiger partial charge in [0.1, 0.15) is 23.3 Å². The van der Waals surface area contributed by atoms with E-state index in [4.69, 9.17) is 24.9 Å². The molecule has 3 N–H and O–H groups in total. The minimum absolute atomic E-state index is 0.238. The summed E-state index contributed by atoms with van der Waals surface area (Å²) in [6.45, 7) is 0.506. The van der Waals surface area contributed by atoms with E-state index < -0.39 is 0 Å². The van der Waals surface area contributed by atoms with Crippen LogP contribution < -0.4 is 25.3 Å². The molecule has 2 aromatic carbocycles. The van der Waals surface area contributed by atoms with Gasteiger partial charge < -0.3 is 25.3 Å². The first kappa shape index (κ1) is 19.9. The van der Waals surface area contributed by atoms with Crippen LogP contribution in [0.1, 0.15) is 23.6 Å². The number of nitrogens with one attached hydrogen (secondary N) is 1. The monoisotopic (exact) mass is 429 g/mol. The Hall–Kier alpha value is -4.07. The number of aromatic nitrogens is 2. The highest BCUT2D eigenvalue weighted by atomic mass is 16.5. The summed E-state index contributed by atoms with van der Waals surface area (Å²) in [5, 5.41) is 3.25. The summed E-state index contributed by atoms with van der Waals surface area (Å²) < 4.78 is 17.1. The van der Waals surface area contributed by atoms with Crippen molar-refractivity contribution in [2.24, 2.45) is 10.7 Å². The molecule has 0 spiro atoms. The van der Waals surface area contributed by atoms with Gasteiger partial charge in [-0.15, -0.1) is 0 Å². The minimum Gasteiger partial charge on any atom is -0.496 e. The van der Waals surface area contributed by atoms with Crippen LogP contribution >= 0.6 is 0 Å². The largest absolute Gasteiger partial charge is 0.496 e. The molecule has 0 amide bonds. The van der Waals surface area contributed by atoms with Crippen molar-refractivity contribution in [3.63, 3.8) is 0 Å². The van der Waals surface area contributed by atoms with Crippen LogP contribution in [0.4, 0.5) is 0 Å². The Morgan fingerprint density at radius 3 is 2.56 bits per heavy atom. The van der Waals surface area contributed by atoms with Crippen LogP contribution in [0.2, 0.25) is 0 Å². The lowest BCUT2D eigenvalue weighted by atomic mass is 9.91. The Morgan fingerprint density at radius 2 is 1.84 bits per heavy atom. The fourth-order valence-corrected chi connectivity index (χ4v) is 4.09. The van der Waals surface area contributed by atoms with Gasteiger partial charge in [-0.05, 0) is 17.2 Å². The van der Waals surface area contributed by atoms with Gasteiger partial charge in [0.25, 0.3) is 0 Å². The van der Waals surface area contributed by atoms with Gasteiger partial charge in [-0.1, -0.05) is 24.3 Å². The van der Waals surface area contributed by atoms with Crippen molar-refractivity contribution >= 4 is 11.7 Å². The summed E-state index contributed by atoms with van der Waals surface area (Å²) in [4.78, 5) is 13.4. The van der Waals surface area contributed by atoms with Gasteiger partial charge in [-0.2, -0.15) is 0 Å². The first-order valence-electron chi connectivity index (χ1n) is 10.3. The third kappa shape index (κ3) is 3.49. The van der Waals surface area contributed by atoms with Crippen LogP contribution in [0.5, 0.6) is 17.2 Å². The number of rotatable bonds is 4. The number of fused-ring (bicyclic) bond motifs is 2. The van der Waals surface area contributed by atoms with Crippen LogP contribution in [0.25, 0.3) is 17.1 Å². The van der Waals surface area contributed by atoms with E-state index in [2.05, 4.69) is 15.3 Å². The SMILES string of the molecule is COc1cc(OC)c2c(c1)OCCC1=C2NC(N)=NC1c1ccc(-c2ncccn2)cc1. The van der Waals surface area contributed by atoms with E-state index in [1.165, 1.54) is 0 Å². The molecule has 3 heterocycles. The highest BCUT2D eigenvalue weighted by Gasteiger charge is 2.31. The maximum atomic E-state index is 6.22. The second kappa shape index (κ2) is 8.22. The molecule has 1 atom stereocenters. The first-order valence-corrected chi connectivity index (χ1v) is 10.3. The standard InChI is InChI=1S/C24H23N5O3/c1-30-16-12-18(31-2)20-19(13-16)32-11-8-17-21(28-24(25)29-22(17)20)14-4-6-15(7-5-14)23-26-9-3-10-27-23/h3-7,9-10,12-13,21H,8,11H2,1-2H3,(H3,25,28,29). The van der Waals surface area contributed by atoms with Crippen LogP contribution in [-0.4, -0.2) is 36.8 Å². The van der Waals surface area contributed by atoms with Crippen molar-refractivity contribution in [3.8, 4) is 28.6 Å². The van der Waals surface area contributed by atoms with Crippen molar-refractivity contribution in [1.82, 2.24) is 15.3 Å². The van der Waals surface area contributed by atoms with Crippen molar-refractivity contribution in [2.45, 2.75) is 12.5 Å². The summed E-state index contributed by atoms with van der Waals surface area (Å²) >= 11 is 0. The van der Waals surface area contributed by atoms with Gasteiger partial charge in [0.2, 0.25) is 0 Å². The van der Waals surface area contributed by atoms with E-state index in [1.54, 1.807) is 32.7 Å². The molecule has 0 bridgehead atoms. The summed E-state index contributed by atoms with van der Waals surface area (Å²) in [6, 6.07) is 13.4. The molecule has 0 saturated heterocycles. The Balaban J connectivity index is 1.59. The van der Waals surface area contributed by atoms with Gasteiger partial charge in [0.05, 0.1) is 32.1 Å². The zero-order chi connectivity index (χ0) is 22.1. The van der Waals surface area contributed by atoms with Crippen LogP contribution in [0.3, 0.4) is 0 Å². The third-order valence-corrected chi connectivity index (χ3v) is 5.60. The molecule has 1 aromatic heterocycles. The lowest BCUT2D eigenvalue weighted by Crippen LogP contribution is -2.35. The van der Waals surface area contributed by atoms with Gasteiger partial charge in [0, 0.05) is 36.5 Å². The molecule has 32 heavy (non-hydrogen) atoms. The van der Waals surface area contributed by atoms with E-state index in [9.17, 15) is 0 Å². The lowest BCUT2D eigenvalue weighted by Gasteiger charge is -2.27. The van der Waals surface area contributed by atoms with Crippen molar-refractivity contribution < 1.29 is 14.2 Å². The molecule has 2 aliphatic heterocycles. The summed E-state index contributed by atoms with van der Waals surface area (Å²) in [6.07, 6.45) is 4.15. The molecular formula is C24H23N5O3. The highest BCUT2D eigenvalue weighted by molar-refractivity contribution is 5.94. The van der Waals surface area contributed by atoms with E-state index in [0.717, 1.165) is 28.0 Å². The topological polar surface area (TPSA) is 104 Å². The zero-order valence-electron chi connectivity index (χ0n) is 17.8. The number of benzene rings is 2. The molecule has 5 rings (SSSR count). The summed E-state index contributed by atoms with van der Waals surface area (Å²) in [5.74, 6) is 3.02. The molecular weight excluding hydrogens is 406 g/mol. The average Bonchev–Trinajstić information content (AvgIpc) is 3.03. The highest BCUT2D eigenvalue weighted by Crippen LogP contribution is 2.45. The molecule has 0 aliphatic carbocycles. The van der Waals surface area contributed by atoms with E-state index in [-0.39, 0.29) is 6.04 Å². The molecule has 0 fully saturated rings. The fourth-order valence-electron chi connectivity index (χ4n) is 4.09. The van der Waals surface area contributed by atoms with Gasteiger partial charge >= 0.3 is 0 Å². The quantitative estimate of drug-likeness (QED) is 0.656. The van der Waals surface area contributed by atoms with E-state index in [0.29, 0.717) is 42.1 Å². The fraction of sp³-hybridized carbons (Fsp3) is 0.208. The molecule has 8 nitrogen and oxygen atoms in total. The van der Waals surface area contributed by atoms with Crippen molar-refractivity contribution in [2.75, 3.05) is 20.8 Å². The number of methoxy groups -OCH3 is 2. The second-order valence-electron chi connectivity index (χ2n) is 7.44. The van der Waals surface area contributed by atoms with E-state index >= 15 is 0 Å². The number of ether oxygens (including phenoxy) is 3. The molecule has 3 aromatic rings. The minimum atomic E-state index is -0.238. The Kier molecular flexibility index (Phi) is 5.10. The van der Waals surface area contributed by atoms with Gasteiger partial charge in [-0.3, -0.25) is 0 Å². The second-order valence-corrected chi connectivity index (χ2v) is 7.44. The molecule has 0 radical (unpaired) electrons. The summed E-state index contributed by atoms with van der Waals surface area (Å²) in [5.41, 5.74) is 11.0. The molecule has 0 saturated carbocycles. The number of hydrogen-bond donors (Lipinski definition) is 2. The predicted molar refractivity (Wildman–Crippen MR) is 122 cm³/mol. The van der Waals surface area contributed by atoms with Gasteiger partial charge in [0.15, 0.2) is 11.8 Å².